The summed E-state index contributed by atoms with van der Waals surface area (Å²) in [5.41, 5.74) is -0.00637. The van der Waals surface area contributed by atoms with Gasteiger partial charge in [-0.25, -0.2) is 0 Å². The van der Waals surface area contributed by atoms with Crippen molar-refractivity contribution in [3.05, 3.63) is 30.5 Å². The minimum Gasteiger partial charge on any atom is -0.497 e. The number of fused-ring (bicyclic) bond motifs is 1. The molecule has 0 saturated carbocycles. The molecule has 1 aromatic carbocycles. The highest BCUT2D eigenvalue weighted by Gasteiger charge is 2.38. The molecule has 0 saturated heterocycles. The molecule has 2 aromatic rings. The molecule has 3 nitrogen and oxygen atoms in total. The molecular formula is C14H17B3N2O. The molecule has 1 atom stereocenters. The van der Waals surface area contributed by atoms with Crippen LogP contribution in [0.2, 0.25) is 0 Å². The number of benzene rings is 1. The Bertz CT molecular complexity index is 620. The smallest absolute Gasteiger partial charge is 0.119 e. The van der Waals surface area contributed by atoms with Crippen LogP contribution in [0.25, 0.3) is 10.9 Å². The monoisotopic (exact) mass is 262 g/mol. The molecule has 1 heterocycles. The van der Waals surface area contributed by atoms with Gasteiger partial charge in [-0.2, -0.15) is 0 Å². The molecule has 20 heavy (non-hydrogen) atoms. The fourth-order valence-electron chi connectivity index (χ4n) is 2.17. The van der Waals surface area contributed by atoms with Crippen molar-refractivity contribution in [3.8, 4) is 5.75 Å². The van der Waals surface area contributed by atoms with Gasteiger partial charge < -0.3 is 14.2 Å². The Balaban J connectivity index is 2.58. The third kappa shape index (κ3) is 2.16. The summed E-state index contributed by atoms with van der Waals surface area (Å²) >= 11 is 0. The average molecular weight is 262 g/mol. The van der Waals surface area contributed by atoms with Gasteiger partial charge in [-0.3, -0.25) is 0 Å². The van der Waals surface area contributed by atoms with Crippen molar-refractivity contribution < 1.29 is 4.74 Å². The Morgan fingerprint density at radius 1 is 1.15 bits per heavy atom. The lowest BCUT2D eigenvalue weighted by atomic mass is 9.45. The first-order valence-electron chi connectivity index (χ1n) is 6.41. The number of aromatic nitrogens is 1. The van der Waals surface area contributed by atoms with Crippen molar-refractivity contribution in [1.82, 2.24) is 9.47 Å². The fourth-order valence-corrected chi connectivity index (χ4v) is 2.17. The van der Waals surface area contributed by atoms with Gasteiger partial charge in [0.25, 0.3) is 0 Å². The topological polar surface area (TPSA) is 17.4 Å². The van der Waals surface area contributed by atoms with E-state index in [-0.39, 0.29) is 0 Å². The molecule has 6 radical (unpaired) electrons. The molecule has 0 N–H and O–H groups in total. The number of ether oxygens (including phenoxy) is 1. The first kappa shape index (κ1) is 15.1. The van der Waals surface area contributed by atoms with Crippen molar-refractivity contribution in [2.45, 2.75) is 17.7 Å². The second-order valence-electron chi connectivity index (χ2n) is 5.48. The lowest BCUT2D eigenvalue weighted by Crippen LogP contribution is -2.62. The van der Waals surface area contributed by atoms with Crippen molar-refractivity contribution in [2.24, 2.45) is 0 Å². The van der Waals surface area contributed by atoms with Crippen LogP contribution in [0.3, 0.4) is 0 Å². The summed E-state index contributed by atoms with van der Waals surface area (Å²) in [6.07, 6.45) is 1.85. The van der Waals surface area contributed by atoms with E-state index in [0.29, 0.717) is 0 Å². The standard InChI is InChI=1S/C14H17B3N2O/c1-13(15,18(2)3)14(16,17)19-8-7-10-9-11(20-4)5-6-12(10)19/h5-9H,1-4H3/t13-/m1/s1. The molecule has 1 aromatic heterocycles. The number of likely N-dealkylation sites (N-methyl/N-ethyl adjacent to an activating group) is 1. The van der Waals surface area contributed by atoms with Crippen molar-refractivity contribution >= 4 is 34.4 Å². The minimum atomic E-state index is -1.26. The summed E-state index contributed by atoms with van der Waals surface area (Å²) in [7, 11) is 24.3. The van der Waals surface area contributed by atoms with Gasteiger partial charge in [-0.15, -0.1) is 0 Å². The third-order valence-electron chi connectivity index (χ3n) is 4.04. The number of rotatable bonds is 4. The van der Waals surface area contributed by atoms with E-state index >= 15 is 0 Å². The van der Waals surface area contributed by atoms with Crippen LogP contribution in [-0.2, 0) is 5.34 Å². The summed E-state index contributed by atoms with van der Waals surface area (Å²) in [6, 6.07) is 7.68. The second-order valence-corrected chi connectivity index (χ2v) is 5.48. The molecule has 98 valence electrons. The first-order chi connectivity index (χ1) is 9.21. The predicted molar refractivity (Wildman–Crippen MR) is 85.8 cm³/mol. The van der Waals surface area contributed by atoms with Crippen LogP contribution in [0.4, 0.5) is 0 Å². The summed E-state index contributed by atoms with van der Waals surface area (Å²) in [5.74, 6) is 0.790. The second kappa shape index (κ2) is 4.92. The molecule has 0 aliphatic carbocycles. The average Bonchev–Trinajstić information content (AvgIpc) is 2.81. The van der Waals surface area contributed by atoms with Crippen LogP contribution in [0.1, 0.15) is 6.92 Å². The molecule has 0 aliphatic heterocycles. The van der Waals surface area contributed by atoms with E-state index in [1.165, 1.54) is 0 Å². The Kier molecular flexibility index (Phi) is 3.72. The van der Waals surface area contributed by atoms with E-state index in [0.717, 1.165) is 16.7 Å². The zero-order chi connectivity index (χ0) is 15.1. The molecule has 0 unspecified atom stereocenters. The van der Waals surface area contributed by atoms with Gasteiger partial charge in [0.15, 0.2) is 0 Å². The Hall–Kier alpha value is -1.29. The number of nitrogens with zero attached hydrogens (tertiary/aromatic N) is 2. The Morgan fingerprint density at radius 3 is 2.35 bits per heavy atom. The zero-order valence-corrected chi connectivity index (χ0v) is 12.4. The number of methoxy groups -OCH3 is 1. The normalized spacial score (nSPS) is 15.4. The fraction of sp³-hybridized carbons (Fsp3) is 0.429. The van der Waals surface area contributed by atoms with Gasteiger partial charge >= 0.3 is 0 Å². The van der Waals surface area contributed by atoms with E-state index in [4.69, 9.17) is 28.3 Å². The predicted octanol–water partition coefficient (Wildman–Crippen LogP) is 1.04. The van der Waals surface area contributed by atoms with Crippen LogP contribution in [-0.4, -0.2) is 59.6 Å². The van der Waals surface area contributed by atoms with Gasteiger partial charge in [-0.1, -0.05) is 6.92 Å². The SMILES string of the molecule is [B]C([B])(n1ccc2cc(OC)ccc21)[C@@]([B])(C)N(C)C. The first-order valence-corrected chi connectivity index (χ1v) is 6.41. The van der Waals surface area contributed by atoms with Gasteiger partial charge in [0, 0.05) is 17.1 Å². The van der Waals surface area contributed by atoms with E-state index in [2.05, 4.69) is 0 Å². The maximum atomic E-state index is 6.34. The van der Waals surface area contributed by atoms with Gasteiger partial charge in [0.05, 0.1) is 30.6 Å². The van der Waals surface area contributed by atoms with Crippen LogP contribution < -0.4 is 4.74 Å². The zero-order valence-electron chi connectivity index (χ0n) is 12.4. The highest BCUT2D eigenvalue weighted by Crippen LogP contribution is 2.31. The van der Waals surface area contributed by atoms with E-state index in [9.17, 15) is 0 Å². The van der Waals surface area contributed by atoms with Crippen LogP contribution in [0, 0.1) is 0 Å². The maximum absolute atomic E-state index is 6.34. The van der Waals surface area contributed by atoms with Crippen molar-refractivity contribution in [3.63, 3.8) is 0 Å². The summed E-state index contributed by atoms with van der Waals surface area (Å²) in [4.78, 5) is 1.81. The molecule has 0 spiro atoms. The van der Waals surface area contributed by atoms with Crippen LogP contribution in [0.15, 0.2) is 30.5 Å². The van der Waals surface area contributed by atoms with Crippen LogP contribution in [0.5, 0.6) is 5.75 Å². The largest absolute Gasteiger partial charge is 0.497 e. The van der Waals surface area contributed by atoms with E-state index in [1.54, 1.807) is 11.7 Å². The lowest BCUT2D eigenvalue weighted by Gasteiger charge is -2.49. The molecule has 6 heteroatoms. The van der Waals surface area contributed by atoms with Crippen molar-refractivity contribution in [2.75, 3.05) is 21.2 Å². The summed E-state index contributed by atoms with van der Waals surface area (Å²) < 4.78 is 7.01. The quantitative estimate of drug-likeness (QED) is 0.766. The molecular weight excluding hydrogens is 245 g/mol. The summed E-state index contributed by atoms with van der Waals surface area (Å²) in [5, 5.41) is -0.258. The van der Waals surface area contributed by atoms with E-state index in [1.807, 2.05) is 56.4 Å². The molecule has 0 fully saturated rings. The number of hydrogen-bond acceptors (Lipinski definition) is 2. The third-order valence-corrected chi connectivity index (χ3v) is 4.04. The van der Waals surface area contributed by atoms with Gasteiger partial charge in [-0.05, 0) is 49.1 Å². The number of hydrogen-bond donors (Lipinski definition) is 0. The molecule has 0 bridgehead atoms. The highest BCUT2D eigenvalue weighted by molar-refractivity contribution is 6.43. The molecule has 0 amide bonds. The Labute approximate surface area is 124 Å². The van der Waals surface area contributed by atoms with Crippen molar-refractivity contribution in [1.29, 1.82) is 0 Å². The maximum Gasteiger partial charge on any atom is 0.119 e. The molecule has 0 aliphatic rings. The molecule has 2 rings (SSSR count). The minimum absolute atomic E-state index is 0.790. The van der Waals surface area contributed by atoms with Crippen LogP contribution >= 0.6 is 0 Å². The van der Waals surface area contributed by atoms with E-state index < -0.39 is 10.8 Å². The summed E-state index contributed by atoms with van der Waals surface area (Å²) in [6.45, 7) is 1.81. The van der Waals surface area contributed by atoms with Gasteiger partial charge in [0.1, 0.15) is 5.75 Å². The Morgan fingerprint density at radius 2 is 1.80 bits per heavy atom. The van der Waals surface area contributed by atoms with Gasteiger partial charge in [0.2, 0.25) is 0 Å². The lowest BCUT2D eigenvalue weighted by molar-refractivity contribution is 0.209. The highest BCUT2D eigenvalue weighted by atomic mass is 16.5.